The van der Waals surface area contributed by atoms with Crippen molar-refractivity contribution >= 4 is 47.2 Å². The molecule has 2 heteroatoms. The van der Waals surface area contributed by atoms with Crippen molar-refractivity contribution in [1.82, 2.24) is 0 Å². The fraction of sp³-hybridized carbons (Fsp3) is 0. The van der Waals surface area contributed by atoms with Crippen molar-refractivity contribution in [2.75, 3.05) is 0 Å². The molecule has 4 aromatic carbocycles. The first-order valence-corrected chi connectivity index (χ1v) is 8.63. The second-order valence-corrected chi connectivity index (χ2v) is 7.00. The number of hydrogen-bond acceptors (Lipinski definition) is 0. The Labute approximate surface area is 142 Å². The lowest BCUT2D eigenvalue weighted by Gasteiger charge is -2.10. The van der Waals surface area contributed by atoms with E-state index in [9.17, 15) is 0 Å². The van der Waals surface area contributed by atoms with Gasteiger partial charge in [-0.15, -0.1) is 0 Å². The van der Waals surface area contributed by atoms with Gasteiger partial charge in [0, 0.05) is 0 Å². The number of benzene rings is 4. The van der Waals surface area contributed by atoms with E-state index in [4.69, 9.17) is 0 Å². The van der Waals surface area contributed by atoms with Gasteiger partial charge < -0.3 is 0 Å². The van der Waals surface area contributed by atoms with Crippen LogP contribution in [0.25, 0.3) is 33.0 Å². The van der Waals surface area contributed by atoms with Crippen LogP contribution in [-0.2, 0) is 0 Å². The number of fused-ring (bicyclic) bond motifs is 8. The van der Waals surface area contributed by atoms with E-state index in [0.717, 1.165) is 14.6 Å². The van der Waals surface area contributed by atoms with Gasteiger partial charge in [-0.2, -0.15) is 0 Å². The minimum Gasteiger partial charge on any atom is -0.0709 e. The van der Waals surface area contributed by atoms with E-state index in [0.29, 0.717) is 0 Å². The van der Waals surface area contributed by atoms with Crippen molar-refractivity contribution in [1.29, 1.82) is 0 Å². The van der Waals surface area contributed by atoms with Gasteiger partial charge in [-0.3, -0.25) is 0 Å². The Morgan fingerprint density at radius 2 is 1.25 bits per heavy atom. The zero-order valence-electron chi connectivity index (χ0n) is 13.3. The summed E-state index contributed by atoms with van der Waals surface area (Å²) >= 11 is 0. The van der Waals surface area contributed by atoms with Gasteiger partial charge in [0.25, 0.3) is 0 Å². The van der Waals surface area contributed by atoms with Crippen molar-refractivity contribution < 1.29 is 0 Å². The lowest BCUT2D eigenvalue weighted by Crippen LogP contribution is -2.24. The molecule has 0 aliphatic carbocycles. The predicted molar refractivity (Wildman–Crippen MR) is 108 cm³/mol. The van der Waals surface area contributed by atoms with Crippen LogP contribution in [0.5, 0.6) is 0 Å². The van der Waals surface area contributed by atoms with E-state index in [2.05, 4.69) is 72.8 Å². The van der Waals surface area contributed by atoms with Gasteiger partial charge in [-0.25, -0.2) is 0 Å². The highest BCUT2D eigenvalue weighted by Gasteiger charge is 2.27. The molecule has 0 unspecified atom stereocenters. The van der Waals surface area contributed by atoms with Gasteiger partial charge >= 0.3 is 0 Å². The fourth-order valence-electron chi connectivity index (χ4n) is 4.59. The number of hydrogen-bond donors (Lipinski definition) is 0. The predicted octanol–water partition coefficient (Wildman–Crippen LogP) is 1.58. The molecule has 0 N–H and O–H groups in total. The highest BCUT2D eigenvalue weighted by atomic mass is 14.2. The summed E-state index contributed by atoms with van der Waals surface area (Å²) in [5.41, 5.74) is 11.7. The summed E-state index contributed by atoms with van der Waals surface area (Å²) in [4.78, 5) is 0. The summed E-state index contributed by atoms with van der Waals surface area (Å²) in [6, 6.07) is 27.1. The Kier molecular flexibility index (Phi) is 2.33. The third-order valence-corrected chi connectivity index (χ3v) is 5.68. The highest BCUT2D eigenvalue weighted by Crippen LogP contribution is 2.30. The molecule has 0 nitrogen and oxygen atoms in total. The molecule has 6 rings (SSSR count). The molecular weight excluding hydrogens is 286 g/mol. The molecule has 0 spiro atoms. The molecule has 0 saturated carbocycles. The van der Waals surface area contributed by atoms with Crippen LogP contribution in [-0.4, -0.2) is 14.6 Å². The first-order chi connectivity index (χ1) is 11.9. The maximum atomic E-state index is 2.46. The van der Waals surface area contributed by atoms with Gasteiger partial charge in [0.15, 0.2) is 14.6 Å². The average molecular weight is 300 g/mol. The Hall–Kier alpha value is -2.73. The van der Waals surface area contributed by atoms with Crippen LogP contribution < -0.4 is 21.9 Å². The first-order valence-electron chi connectivity index (χ1n) is 8.63. The number of rotatable bonds is 0. The summed E-state index contributed by atoms with van der Waals surface area (Å²) in [6.07, 6.45) is 0. The molecular formula is C22H14B2. The molecule has 0 bridgehead atoms. The summed E-state index contributed by atoms with van der Waals surface area (Å²) in [5, 5.41) is 2.73. The van der Waals surface area contributed by atoms with E-state index < -0.39 is 0 Å². The van der Waals surface area contributed by atoms with E-state index in [-0.39, 0.29) is 0 Å². The van der Waals surface area contributed by atoms with E-state index in [1.54, 1.807) is 0 Å². The smallest absolute Gasteiger partial charge is 0.0709 e. The molecule has 0 fully saturated rings. The van der Waals surface area contributed by atoms with E-state index in [1.807, 2.05) is 0 Å². The minimum absolute atomic E-state index is 1.06. The van der Waals surface area contributed by atoms with Crippen LogP contribution in [0.4, 0.5) is 0 Å². The minimum atomic E-state index is 1.06. The molecule has 0 atom stereocenters. The monoisotopic (exact) mass is 300 g/mol. The van der Waals surface area contributed by atoms with E-state index in [1.165, 1.54) is 54.9 Å². The molecule has 2 aliphatic rings. The quantitative estimate of drug-likeness (QED) is 0.374. The highest BCUT2D eigenvalue weighted by molar-refractivity contribution is 6.77. The summed E-state index contributed by atoms with van der Waals surface area (Å²) in [6.45, 7) is 0. The largest absolute Gasteiger partial charge is 0.193 e. The lowest BCUT2D eigenvalue weighted by atomic mass is 9.65. The fourth-order valence-corrected chi connectivity index (χ4v) is 4.59. The first kappa shape index (κ1) is 12.7. The average Bonchev–Trinajstić information content (AvgIpc) is 3.17. The Morgan fingerprint density at radius 3 is 2.25 bits per heavy atom. The topological polar surface area (TPSA) is 0 Å². The molecule has 24 heavy (non-hydrogen) atoms. The van der Waals surface area contributed by atoms with Crippen LogP contribution >= 0.6 is 0 Å². The van der Waals surface area contributed by atoms with Crippen LogP contribution in [0.15, 0.2) is 72.8 Å². The van der Waals surface area contributed by atoms with Gasteiger partial charge in [0.1, 0.15) is 0 Å². The summed E-state index contributed by atoms with van der Waals surface area (Å²) in [7, 11) is 2.13. The molecule has 108 valence electrons. The van der Waals surface area contributed by atoms with Crippen LogP contribution in [0.1, 0.15) is 0 Å². The van der Waals surface area contributed by atoms with Gasteiger partial charge in [0.05, 0.1) is 0 Å². The Bertz CT molecular complexity index is 1160. The van der Waals surface area contributed by atoms with Gasteiger partial charge in [-0.05, 0) is 33.0 Å². The second-order valence-electron chi connectivity index (χ2n) is 7.00. The SMILES string of the molecule is B1c2ccccc2-c2cc3c(cc21)-c1c(ccc2ccccc12)B3. The maximum absolute atomic E-state index is 2.46. The molecule has 0 radical (unpaired) electrons. The molecule has 2 heterocycles. The van der Waals surface area contributed by atoms with Crippen molar-refractivity contribution in [2.24, 2.45) is 0 Å². The van der Waals surface area contributed by atoms with Crippen molar-refractivity contribution in [3.8, 4) is 22.3 Å². The summed E-state index contributed by atoms with van der Waals surface area (Å²) in [5.74, 6) is 0. The molecule has 0 saturated heterocycles. The third-order valence-electron chi connectivity index (χ3n) is 5.68. The standard InChI is InChI=1S/C22H14B2/c1-2-6-14-13(5-1)9-10-19-22(14)17-12-20-16(11-21(17)24-19)15-7-3-4-8-18(15)23-20/h1-12,23-24H. The summed E-state index contributed by atoms with van der Waals surface area (Å²) < 4.78 is 0. The third kappa shape index (κ3) is 1.56. The normalized spacial score (nSPS) is 12.8. The van der Waals surface area contributed by atoms with Crippen molar-refractivity contribution in [3.63, 3.8) is 0 Å². The molecule has 4 aromatic rings. The van der Waals surface area contributed by atoms with Gasteiger partial charge in [0.2, 0.25) is 0 Å². The Balaban J connectivity index is 1.64. The maximum Gasteiger partial charge on any atom is 0.193 e. The van der Waals surface area contributed by atoms with Crippen LogP contribution in [0, 0.1) is 0 Å². The van der Waals surface area contributed by atoms with Gasteiger partial charge in [-0.1, -0.05) is 94.6 Å². The molecule has 0 aromatic heterocycles. The van der Waals surface area contributed by atoms with Crippen molar-refractivity contribution in [3.05, 3.63) is 72.8 Å². The second kappa shape index (κ2) is 4.42. The molecule has 0 amide bonds. The van der Waals surface area contributed by atoms with E-state index >= 15 is 0 Å². The zero-order valence-corrected chi connectivity index (χ0v) is 13.3. The van der Waals surface area contributed by atoms with Crippen molar-refractivity contribution in [2.45, 2.75) is 0 Å². The Morgan fingerprint density at radius 1 is 0.500 bits per heavy atom. The molecule has 2 aliphatic heterocycles. The van der Waals surface area contributed by atoms with Crippen LogP contribution in [0.2, 0.25) is 0 Å². The zero-order chi connectivity index (χ0) is 15.7. The van der Waals surface area contributed by atoms with Crippen LogP contribution in [0.3, 0.4) is 0 Å². The lowest BCUT2D eigenvalue weighted by molar-refractivity contribution is 1.72.